The van der Waals surface area contributed by atoms with Crippen LogP contribution < -0.4 is 5.73 Å². The first kappa shape index (κ1) is 28.2. The second-order valence-corrected chi connectivity index (χ2v) is 11.6. The average molecular weight is 546 g/mol. The molecule has 1 amide bonds. The molecule has 0 spiro atoms. The van der Waals surface area contributed by atoms with E-state index in [-0.39, 0.29) is 11.1 Å². The van der Waals surface area contributed by atoms with E-state index in [4.69, 9.17) is 5.73 Å². The zero-order valence-corrected chi connectivity index (χ0v) is 22.2. The van der Waals surface area contributed by atoms with Gasteiger partial charge in [-0.1, -0.05) is 27.7 Å². The van der Waals surface area contributed by atoms with Crippen LogP contribution >= 0.6 is 0 Å². The van der Waals surface area contributed by atoms with Gasteiger partial charge in [0.2, 0.25) is 5.78 Å². The van der Waals surface area contributed by atoms with E-state index in [1.165, 1.54) is 32.0 Å². The number of aromatic hydroxyl groups is 1. The quantitative estimate of drug-likeness (QED) is 0.176. The lowest BCUT2D eigenvalue weighted by molar-refractivity contribution is -0.386. The standard InChI is InChI=1S/C26H31N3O10/c1-8-11-10(29(38)39)7-9(25(2,3)4)18(30)13(11)19(31)14-12(8)20(32)16-17(28(5)6)21(33)15(24(27)36)23(35)26(16,37)22(14)34/h7-8,12,16-17,20,30-32,35,37H,1-6H3,(H2,27,36). The number of nitrogens with zero attached hydrogens (tertiary/aromatic N) is 2. The minimum atomic E-state index is -3.06. The minimum absolute atomic E-state index is 0.0980. The normalized spacial score (nSPS) is 30.7. The van der Waals surface area contributed by atoms with Crippen molar-refractivity contribution in [2.24, 2.45) is 17.6 Å². The number of primary amides is 1. The molecule has 1 aromatic carbocycles. The van der Waals surface area contributed by atoms with Crippen LogP contribution in [-0.2, 0) is 19.8 Å². The molecule has 0 radical (unpaired) electrons. The number of rotatable bonds is 3. The van der Waals surface area contributed by atoms with Crippen LogP contribution in [0.2, 0.25) is 0 Å². The van der Waals surface area contributed by atoms with Gasteiger partial charge in [-0.3, -0.25) is 29.4 Å². The third-order valence-electron chi connectivity index (χ3n) is 8.21. The number of hydrogen-bond donors (Lipinski definition) is 6. The highest BCUT2D eigenvalue weighted by molar-refractivity contribution is 6.24. The Bertz CT molecular complexity index is 1420. The summed E-state index contributed by atoms with van der Waals surface area (Å²) in [6.45, 7) is 6.47. The Morgan fingerprint density at radius 1 is 1.18 bits per heavy atom. The van der Waals surface area contributed by atoms with Gasteiger partial charge in [0, 0.05) is 28.7 Å². The van der Waals surface area contributed by atoms with Crippen molar-refractivity contribution in [2.45, 2.75) is 56.8 Å². The predicted molar refractivity (Wildman–Crippen MR) is 136 cm³/mol. The molecule has 4 rings (SSSR count). The van der Waals surface area contributed by atoms with Gasteiger partial charge in [-0.05, 0) is 25.4 Å². The number of carbonyl (C=O) groups is 3. The number of benzene rings is 1. The van der Waals surface area contributed by atoms with E-state index in [0.29, 0.717) is 0 Å². The van der Waals surface area contributed by atoms with E-state index in [2.05, 4.69) is 0 Å². The summed E-state index contributed by atoms with van der Waals surface area (Å²) in [4.78, 5) is 52.0. The summed E-state index contributed by atoms with van der Waals surface area (Å²) < 4.78 is 0. The third kappa shape index (κ3) is 3.53. The fourth-order valence-corrected chi connectivity index (χ4v) is 6.46. The maximum atomic E-state index is 14.0. The van der Waals surface area contributed by atoms with Crippen molar-refractivity contribution < 1.29 is 44.8 Å². The number of Topliss-reactive ketones (excluding diaryl/α,β-unsaturated/α-hetero) is 2. The summed E-state index contributed by atoms with van der Waals surface area (Å²) in [6, 6.07) is -0.340. The first-order valence-corrected chi connectivity index (χ1v) is 12.2. The molecule has 1 aromatic rings. The maximum absolute atomic E-state index is 14.0. The largest absolute Gasteiger partial charge is 0.508 e. The van der Waals surface area contributed by atoms with E-state index in [9.17, 15) is 50.0 Å². The fourth-order valence-electron chi connectivity index (χ4n) is 6.46. The van der Waals surface area contributed by atoms with Crippen molar-refractivity contribution in [1.29, 1.82) is 0 Å². The number of amides is 1. The number of hydrogen-bond acceptors (Lipinski definition) is 11. The summed E-state index contributed by atoms with van der Waals surface area (Å²) in [5.74, 6) is -10.8. The molecule has 6 atom stereocenters. The molecule has 39 heavy (non-hydrogen) atoms. The van der Waals surface area contributed by atoms with Crippen LogP contribution in [0.5, 0.6) is 5.75 Å². The Kier molecular flexibility index (Phi) is 6.22. The second-order valence-electron chi connectivity index (χ2n) is 11.6. The maximum Gasteiger partial charge on any atom is 0.274 e. The highest BCUT2D eigenvalue weighted by atomic mass is 16.6. The van der Waals surface area contributed by atoms with Crippen molar-refractivity contribution in [2.75, 3.05) is 14.1 Å². The highest BCUT2D eigenvalue weighted by Crippen LogP contribution is 2.58. The van der Waals surface area contributed by atoms with Gasteiger partial charge in [-0.15, -0.1) is 0 Å². The number of phenolic OH excluding ortho intramolecular Hbond substituents is 1. The molecule has 210 valence electrons. The summed E-state index contributed by atoms with van der Waals surface area (Å²) in [5.41, 5.74) is -1.16. The molecule has 1 fully saturated rings. The van der Waals surface area contributed by atoms with Crippen LogP contribution in [0.1, 0.15) is 50.3 Å². The predicted octanol–water partition coefficient (Wildman–Crippen LogP) is 0.702. The molecule has 3 aliphatic rings. The number of phenols is 1. The Labute approximate surface area is 223 Å². The van der Waals surface area contributed by atoms with Crippen LogP contribution in [0.3, 0.4) is 0 Å². The molecule has 0 aromatic heterocycles. The Morgan fingerprint density at radius 2 is 1.74 bits per heavy atom. The van der Waals surface area contributed by atoms with Crippen molar-refractivity contribution >= 4 is 28.9 Å². The lowest BCUT2D eigenvalue weighted by atomic mass is 9.54. The van der Waals surface area contributed by atoms with E-state index in [1.54, 1.807) is 20.8 Å². The van der Waals surface area contributed by atoms with Crippen LogP contribution in [0.15, 0.2) is 23.0 Å². The molecular formula is C26H31N3O10. The van der Waals surface area contributed by atoms with Gasteiger partial charge in [0.15, 0.2) is 11.4 Å². The molecule has 13 heteroatoms. The number of ketones is 2. The summed E-state index contributed by atoms with van der Waals surface area (Å²) in [6.07, 6.45) is -1.84. The lowest BCUT2D eigenvalue weighted by Gasteiger charge is -2.53. The Hall–Kier alpha value is -3.81. The van der Waals surface area contributed by atoms with Crippen LogP contribution in [0.25, 0.3) is 5.76 Å². The SMILES string of the molecule is CC1c2c([N+](=O)[O-])cc(C(C)(C)C)c(O)c2C(O)=C2C(=O)C3(O)C(O)=C(C(N)=O)C(=O)C(N(C)C)C3C(O)C21. The van der Waals surface area contributed by atoms with Crippen molar-refractivity contribution in [3.05, 3.63) is 49.8 Å². The average Bonchev–Trinajstić information content (AvgIpc) is 2.79. The lowest BCUT2D eigenvalue weighted by Crippen LogP contribution is -2.70. The van der Waals surface area contributed by atoms with Gasteiger partial charge in [0.25, 0.3) is 11.6 Å². The van der Waals surface area contributed by atoms with Crippen LogP contribution in [0.4, 0.5) is 5.69 Å². The third-order valence-corrected chi connectivity index (χ3v) is 8.21. The first-order valence-electron chi connectivity index (χ1n) is 12.2. The van der Waals surface area contributed by atoms with Gasteiger partial charge in [0.1, 0.15) is 22.8 Å². The molecule has 0 bridgehead atoms. The molecule has 0 saturated heterocycles. The van der Waals surface area contributed by atoms with E-state index < -0.39 is 103 Å². The monoisotopic (exact) mass is 545 g/mol. The van der Waals surface area contributed by atoms with Crippen molar-refractivity contribution in [3.8, 4) is 5.75 Å². The van der Waals surface area contributed by atoms with Crippen LogP contribution in [-0.4, -0.2) is 84.7 Å². The number of nitro groups is 1. The topological polar surface area (TPSA) is 225 Å². The molecule has 0 heterocycles. The van der Waals surface area contributed by atoms with Gasteiger partial charge < -0.3 is 31.3 Å². The molecule has 3 aliphatic carbocycles. The molecule has 0 aliphatic heterocycles. The van der Waals surface area contributed by atoms with Crippen molar-refractivity contribution in [3.63, 3.8) is 0 Å². The molecule has 13 nitrogen and oxygen atoms in total. The number of likely N-dealkylation sites (N-methyl/N-ethyl adjacent to an activating group) is 1. The zero-order chi connectivity index (χ0) is 29.7. The van der Waals surface area contributed by atoms with Gasteiger partial charge in [0.05, 0.1) is 28.6 Å². The summed E-state index contributed by atoms with van der Waals surface area (Å²) >= 11 is 0. The summed E-state index contributed by atoms with van der Waals surface area (Å²) in [5, 5.41) is 69.1. The fraction of sp³-hybridized carbons (Fsp3) is 0.500. The smallest absolute Gasteiger partial charge is 0.274 e. The number of aliphatic hydroxyl groups excluding tert-OH is 3. The molecule has 6 unspecified atom stereocenters. The zero-order valence-electron chi connectivity index (χ0n) is 22.2. The number of nitro benzene ring substituents is 1. The van der Waals surface area contributed by atoms with E-state index in [0.717, 1.165) is 0 Å². The Balaban J connectivity index is 2.14. The van der Waals surface area contributed by atoms with Gasteiger partial charge in [-0.25, -0.2) is 0 Å². The number of fused-ring (bicyclic) bond motifs is 3. The Morgan fingerprint density at radius 3 is 2.21 bits per heavy atom. The second kappa shape index (κ2) is 8.60. The summed E-state index contributed by atoms with van der Waals surface area (Å²) in [7, 11) is 2.78. The number of carbonyl (C=O) groups excluding carboxylic acids is 3. The number of aliphatic hydroxyl groups is 4. The minimum Gasteiger partial charge on any atom is -0.508 e. The molecular weight excluding hydrogens is 514 g/mol. The van der Waals surface area contributed by atoms with E-state index >= 15 is 0 Å². The first-order chi connectivity index (χ1) is 17.8. The van der Waals surface area contributed by atoms with E-state index in [1.807, 2.05) is 0 Å². The molecule has 1 saturated carbocycles. The highest BCUT2D eigenvalue weighted by Gasteiger charge is 2.68. The van der Waals surface area contributed by atoms with Crippen molar-refractivity contribution in [1.82, 2.24) is 4.90 Å². The molecule has 7 N–H and O–H groups in total. The van der Waals surface area contributed by atoms with Gasteiger partial charge in [-0.2, -0.15) is 0 Å². The number of nitrogens with two attached hydrogens (primary N) is 1. The van der Waals surface area contributed by atoms with Crippen LogP contribution in [0, 0.1) is 22.0 Å². The van der Waals surface area contributed by atoms with Gasteiger partial charge >= 0.3 is 0 Å².